The van der Waals surface area contributed by atoms with E-state index in [9.17, 15) is 8.42 Å². The third kappa shape index (κ3) is 2.68. The Kier molecular flexibility index (Phi) is 2.93. The fourth-order valence-corrected chi connectivity index (χ4v) is 2.17. The zero-order valence-corrected chi connectivity index (χ0v) is 10.4. The van der Waals surface area contributed by atoms with E-state index in [0.717, 1.165) is 11.3 Å². The summed E-state index contributed by atoms with van der Waals surface area (Å²) >= 11 is 0. The highest BCUT2D eigenvalue weighted by Gasteiger charge is 2.08. The van der Waals surface area contributed by atoms with E-state index in [1.807, 2.05) is 6.07 Å². The monoisotopic (exact) mass is 248 g/mol. The standard InChI is InChI=1S/C12H12N2O2S/c1-9-13-7-6-12(14-9)10-4-3-5-11(8-10)17(2,15)16/h3-8H,1-2H3. The largest absolute Gasteiger partial charge is 0.242 e. The van der Waals surface area contributed by atoms with Gasteiger partial charge in [-0.25, -0.2) is 18.4 Å². The molecule has 88 valence electrons. The topological polar surface area (TPSA) is 59.9 Å². The lowest BCUT2D eigenvalue weighted by molar-refractivity contribution is 0.602. The molecule has 0 fully saturated rings. The molecule has 0 aliphatic rings. The predicted molar refractivity (Wildman–Crippen MR) is 65.3 cm³/mol. The molecule has 0 amide bonds. The molecular weight excluding hydrogens is 236 g/mol. The van der Waals surface area contributed by atoms with Crippen molar-refractivity contribution in [1.29, 1.82) is 0 Å². The van der Waals surface area contributed by atoms with Gasteiger partial charge in [0.2, 0.25) is 0 Å². The van der Waals surface area contributed by atoms with Crippen molar-refractivity contribution in [2.45, 2.75) is 11.8 Å². The number of hydrogen-bond donors (Lipinski definition) is 0. The highest BCUT2D eigenvalue weighted by Crippen LogP contribution is 2.20. The van der Waals surface area contributed by atoms with Gasteiger partial charge in [0.25, 0.3) is 0 Å². The third-order valence-electron chi connectivity index (χ3n) is 2.33. The summed E-state index contributed by atoms with van der Waals surface area (Å²) in [6.07, 6.45) is 2.85. The van der Waals surface area contributed by atoms with E-state index in [1.54, 1.807) is 37.4 Å². The van der Waals surface area contributed by atoms with Gasteiger partial charge in [-0.15, -0.1) is 0 Å². The average Bonchev–Trinajstić information content (AvgIpc) is 2.28. The van der Waals surface area contributed by atoms with Crippen LogP contribution in [0.25, 0.3) is 11.3 Å². The highest BCUT2D eigenvalue weighted by molar-refractivity contribution is 7.90. The molecule has 0 radical (unpaired) electrons. The molecule has 1 aromatic heterocycles. The summed E-state index contributed by atoms with van der Waals surface area (Å²) in [5.41, 5.74) is 1.50. The molecule has 0 atom stereocenters. The summed E-state index contributed by atoms with van der Waals surface area (Å²) in [5, 5.41) is 0. The first kappa shape index (κ1) is 11.7. The van der Waals surface area contributed by atoms with Crippen molar-refractivity contribution in [3.8, 4) is 11.3 Å². The SMILES string of the molecule is Cc1nccc(-c2cccc(S(C)(=O)=O)c2)n1. The number of hydrogen-bond acceptors (Lipinski definition) is 4. The third-order valence-corrected chi connectivity index (χ3v) is 3.44. The molecule has 0 aliphatic carbocycles. The van der Waals surface area contributed by atoms with E-state index in [2.05, 4.69) is 9.97 Å². The van der Waals surface area contributed by atoms with Crippen LogP contribution in [0.4, 0.5) is 0 Å². The minimum atomic E-state index is -3.19. The molecule has 1 heterocycles. The van der Waals surface area contributed by atoms with Crippen molar-refractivity contribution < 1.29 is 8.42 Å². The summed E-state index contributed by atoms with van der Waals surface area (Å²) in [6.45, 7) is 1.80. The van der Waals surface area contributed by atoms with Crippen LogP contribution >= 0.6 is 0 Å². The maximum atomic E-state index is 11.5. The molecule has 0 N–H and O–H groups in total. The Labute approximate surface area is 100 Å². The van der Waals surface area contributed by atoms with E-state index < -0.39 is 9.84 Å². The van der Waals surface area contributed by atoms with Gasteiger partial charge in [0.1, 0.15) is 5.82 Å². The molecule has 0 spiro atoms. The Balaban J connectivity index is 2.54. The maximum absolute atomic E-state index is 11.5. The van der Waals surface area contributed by atoms with E-state index in [4.69, 9.17) is 0 Å². The van der Waals surface area contributed by atoms with Crippen molar-refractivity contribution in [3.05, 3.63) is 42.4 Å². The number of sulfone groups is 1. The first-order valence-corrected chi connectivity index (χ1v) is 6.96. The van der Waals surface area contributed by atoms with Crippen LogP contribution in [-0.4, -0.2) is 24.6 Å². The van der Waals surface area contributed by atoms with Crippen LogP contribution in [0.5, 0.6) is 0 Å². The zero-order valence-electron chi connectivity index (χ0n) is 9.58. The molecule has 0 bridgehead atoms. The maximum Gasteiger partial charge on any atom is 0.175 e. The summed E-state index contributed by atoms with van der Waals surface area (Å²) in [7, 11) is -3.19. The highest BCUT2D eigenvalue weighted by atomic mass is 32.2. The van der Waals surface area contributed by atoms with E-state index in [-0.39, 0.29) is 0 Å². The minimum absolute atomic E-state index is 0.297. The molecule has 17 heavy (non-hydrogen) atoms. The summed E-state index contributed by atoms with van der Waals surface area (Å²) in [4.78, 5) is 8.57. The van der Waals surface area contributed by atoms with Gasteiger partial charge in [0.05, 0.1) is 10.6 Å². The number of aryl methyl sites for hydroxylation is 1. The number of rotatable bonds is 2. The Morgan fingerprint density at radius 1 is 1.18 bits per heavy atom. The van der Waals surface area contributed by atoms with Crippen molar-refractivity contribution in [3.63, 3.8) is 0 Å². The molecule has 0 aliphatic heterocycles. The van der Waals surface area contributed by atoms with Crippen LogP contribution in [0.15, 0.2) is 41.4 Å². The van der Waals surface area contributed by atoms with Gasteiger partial charge in [0.15, 0.2) is 9.84 Å². The molecule has 2 rings (SSSR count). The summed E-state index contributed by atoms with van der Waals surface area (Å²) in [5.74, 6) is 0.659. The molecule has 0 saturated carbocycles. The quantitative estimate of drug-likeness (QED) is 0.813. The van der Waals surface area contributed by atoms with E-state index in [1.165, 1.54) is 6.26 Å². The van der Waals surface area contributed by atoms with Crippen molar-refractivity contribution in [1.82, 2.24) is 9.97 Å². The van der Waals surface area contributed by atoms with Crippen LogP contribution in [0.1, 0.15) is 5.82 Å². The summed E-state index contributed by atoms with van der Waals surface area (Å²) in [6, 6.07) is 8.50. The lowest BCUT2D eigenvalue weighted by atomic mass is 10.1. The molecule has 0 unspecified atom stereocenters. The molecule has 0 saturated heterocycles. The van der Waals surface area contributed by atoms with Crippen LogP contribution in [-0.2, 0) is 9.84 Å². The van der Waals surface area contributed by atoms with Gasteiger partial charge in [-0.2, -0.15) is 0 Å². The van der Waals surface area contributed by atoms with Crippen molar-refractivity contribution in [2.24, 2.45) is 0 Å². The normalized spacial score (nSPS) is 11.4. The predicted octanol–water partition coefficient (Wildman–Crippen LogP) is 1.86. The average molecular weight is 248 g/mol. The number of aromatic nitrogens is 2. The number of benzene rings is 1. The van der Waals surface area contributed by atoms with Gasteiger partial charge in [-0.05, 0) is 25.1 Å². The van der Waals surface area contributed by atoms with Gasteiger partial charge in [-0.1, -0.05) is 12.1 Å². The van der Waals surface area contributed by atoms with Gasteiger partial charge >= 0.3 is 0 Å². The van der Waals surface area contributed by atoms with Crippen molar-refractivity contribution >= 4 is 9.84 Å². The Morgan fingerprint density at radius 2 is 1.94 bits per heavy atom. The van der Waals surface area contributed by atoms with Crippen LogP contribution in [0.3, 0.4) is 0 Å². The molecule has 5 heteroatoms. The molecular formula is C12H12N2O2S. The fraction of sp³-hybridized carbons (Fsp3) is 0.167. The lowest BCUT2D eigenvalue weighted by Crippen LogP contribution is -1.97. The zero-order chi connectivity index (χ0) is 12.5. The second-order valence-corrected chi connectivity index (χ2v) is 5.80. The van der Waals surface area contributed by atoms with Crippen molar-refractivity contribution in [2.75, 3.05) is 6.26 Å². The first-order chi connectivity index (χ1) is 7.97. The number of nitrogens with zero attached hydrogens (tertiary/aromatic N) is 2. The van der Waals surface area contributed by atoms with Crippen LogP contribution < -0.4 is 0 Å². The van der Waals surface area contributed by atoms with Gasteiger partial charge in [0, 0.05) is 18.0 Å². The lowest BCUT2D eigenvalue weighted by Gasteiger charge is -2.03. The van der Waals surface area contributed by atoms with Gasteiger partial charge < -0.3 is 0 Å². The van der Waals surface area contributed by atoms with E-state index >= 15 is 0 Å². The Morgan fingerprint density at radius 3 is 2.59 bits per heavy atom. The van der Waals surface area contributed by atoms with E-state index in [0.29, 0.717) is 10.7 Å². The summed E-state index contributed by atoms with van der Waals surface area (Å²) < 4.78 is 22.9. The Hall–Kier alpha value is -1.75. The minimum Gasteiger partial charge on any atom is -0.242 e. The smallest absolute Gasteiger partial charge is 0.175 e. The Bertz CT molecular complexity index is 651. The van der Waals surface area contributed by atoms with Crippen LogP contribution in [0.2, 0.25) is 0 Å². The second-order valence-electron chi connectivity index (χ2n) is 3.79. The molecule has 1 aromatic carbocycles. The fourth-order valence-electron chi connectivity index (χ4n) is 1.50. The molecule has 4 nitrogen and oxygen atoms in total. The van der Waals surface area contributed by atoms with Crippen LogP contribution in [0, 0.1) is 6.92 Å². The first-order valence-electron chi connectivity index (χ1n) is 5.07. The molecule has 2 aromatic rings. The second kappa shape index (κ2) is 4.25. The van der Waals surface area contributed by atoms with Gasteiger partial charge in [-0.3, -0.25) is 0 Å².